The monoisotopic (exact) mass is 337 g/mol. The summed E-state index contributed by atoms with van der Waals surface area (Å²) in [6, 6.07) is 17.0. The molecule has 0 bridgehead atoms. The molecule has 2 aromatic carbocycles. The second-order valence-electron chi connectivity index (χ2n) is 4.98. The van der Waals surface area contributed by atoms with Gasteiger partial charge >= 0.3 is 5.97 Å². The molecule has 0 radical (unpaired) electrons. The van der Waals surface area contributed by atoms with E-state index in [1.165, 1.54) is 0 Å². The van der Waals surface area contributed by atoms with Gasteiger partial charge in [0, 0.05) is 11.1 Å². The molecule has 0 saturated carbocycles. The Hall–Kier alpha value is -2.92. The van der Waals surface area contributed by atoms with Crippen molar-refractivity contribution in [2.45, 2.75) is 0 Å². The number of ether oxygens (including phenoxy) is 1. The first kappa shape index (κ1) is 16.0. The molecular weight excluding hydrogens is 322 g/mol. The molecule has 0 saturated heterocycles. The van der Waals surface area contributed by atoms with E-state index in [-0.39, 0.29) is 4.88 Å². The summed E-state index contributed by atoms with van der Waals surface area (Å²) in [5, 5.41) is 10.1. The van der Waals surface area contributed by atoms with E-state index >= 15 is 0 Å². The minimum Gasteiger partial charge on any atom is -0.496 e. The quantitative estimate of drug-likeness (QED) is 0.734. The number of rotatable bonds is 5. The van der Waals surface area contributed by atoms with Crippen LogP contribution in [0.15, 0.2) is 54.6 Å². The Kier molecular flexibility index (Phi) is 4.72. The SMILES string of the molecule is COc1ccccc1/C=C/c1nc(-c2ccccc2)c(C(=O)O)s1. The topological polar surface area (TPSA) is 59.4 Å². The van der Waals surface area contributed by atoms with Gasteiger partial charge in [0.15, 0.2) is 0 Å². The summed E-state index contributed by atoms with van der Waals surface area (Å²) in [5.41, 5.74) is 2.20. The lowest BCUT2D eigenvalue weighted by Gasteiger charge is -2.02. The lowest BCUT2D eigenvalue weighted by molar-refractivity contribution is 0.0702. The molecule has 1 N–H and O–H groups in total. The maximum absolute atomic E-state index is 11.5. The number of hydrogen-bond donors (Lipinski definition) is 1. The smallest absolute Gasteiger partial charge is 0.348 e. The Morgan fingerprint density at radius 3 is 2.50 bits per heavy atom. The zero-order chi connectivity index (χ0) is 16.9. The van der Waals surface area contributed by atoms with Crippen molar-refractivity contribution >= 4 is 29.5 Å². The molecule has 24 heavy (non-hydrogen) atoms. The molecule has 1 heterocycles. The summed E-state index contributed by atoms with van der Waals surface area (Å²) in [7, 11) is 1.62. The summed E-state index contributed by atoms with van der Waals surface area (Å²) in [4.78, 5) is 16.2. The standard InChI is InChI=1S/C19H15NO3S/c1-23-15-10-6-5-7-13(15)11-12-16-20-17(18(24-16)19(21)22)14-8-3-2-4-9-14/h2-12H,1H3,(H,21,22)/b12-11+. The number of carboxylic acid groups (broad SMARTS) is 1. The van der Waals surface area contributed by atoms with E-state index in [1.54, 1.807) is 13.2 Å². The summed E-state index contributed by atoms with van der Waals surface area (Å²) in [6.07, 6.45) is 3.68. The van der Waals surface area contributed by atoms with Gasteiger partial charge in [-0.05, 0) is 18.2 Å². The predicted octanol–water partition coefficient (Wildman–Crippen LogP) is 4.69. The van der Waals surface area contributed by atoms with Crippen molar-refractivity contribution in [3.8, 4) is 17.0 Å². The molecular formula is C19H15NO3S. The molecule has 0 spiro atoms. The fraction of sp³-hybridized carbons (Fsp3) is 0.0526. The molecule has 0 aliphatic rings. The third-order valence-electron chi connectivity index (χ3n) is 3.43. The Balaban J connectivity index is 1.98. The first-order chi connectivity index (χ1) is 11.7. The van der Waals surface area contributed by atoms with E-state index < -0.39 is 5.97 Å². The highest BCUT2D eigenvalue weighted by atomic mass is 32.1. The van der Waals surface area contributed by atoms with Crippen LogP contribution in [0.3, 0.4) is 0 Å². The van der Waals surface area contributed by atoms with Crippen LogP contribution in [-0.4, -0.2) is 23.2 Å². The molecule has 1 aromatic heterocycles. The van der Waals surface area contributed by atoms with Crippen LogP contribution < -0.4 is 4.74 Å². The van der Waals surface area contributed by atoms with Crippen LogP contribution in [0, 0.1) is 0 Å². The lowest BCUT2D eigenvalue weighted by Crippen LogP contribution is -1.95. The molecule has 5 heteroatoms. The van der Waals surface area contributed by atoms with E-state index in [2.05, 4.69) is 4.98 Å². The van der Waals surface area contributed by atoms with Gasteiger partial charge in [0.1, 0.15) is 15.6 Å². The first-order valence-electron chi connectivity index (χ1n) is 7.29. The third-order valence-corrected chi connectivity index (χ3v) is 4.44. The number of benzene rings is 2. The highest BCUT2D eigenvalue weighted by Crippen LogP contribution is 2.30. The van der Waals surface area contributed by atoms with Gasteiger partial charge in [0.2, 0.25) is 0 Å². The number of methoxy groups -OCH3 is 1. The second kappa shape index (κ2) is 7.10. The van der Waals surface area contributed by atoms with Crippen molar-refractivity contribution in [2.24, 2.45) is 0 Å². The molecule has 0 amide bonds. The van der Waals surface area contributed by atoms with Crippen molar-refractivity contribution in [1.82, 2.24) is 4.98 Å². The van der Waals surface area contributed by atoms with Gasteiger partial charge in [-0.15, -0.1) is 11.3 Å². The molecule has 4 nitrogen and oxygen atoms in total. The Labute approximate surface area is 143 Å². The lowest BCUT2D eigenvalue weighted by atomic mass is 10.1. The van der Waals surface area contributed by atoms with Crippen LogP contribution in [0.1, 0.15) is 20.2 Å². The van der Waals surface area contributed by atoms with Crippen molar-refractivity contribution in [2.75, 3.05) is 7.11 Å². The molecule has 120 valence electrons. The summed E-state index contributed by atoms with van der Waals surface area (Å²) in [5.74, 6) is -0.213. The van der Waals surface area contributed by atoms with Crippen LogP contribution in [0.4, 0.5) is 0 Å². The van der Waals surface area contributed by atoms with Crippen molar-refractivity contribution in [1.29, 1.82) is 0 Å². The molecule has 3 aromatic rings. The Bertz CT molecular complexity index is 885. The van der Waals surface area contributed by atoms with E-state index in [1.807, 2.05) is 60.7 Å². The van der Waals surface area contributed by atoms with Crippen LogP contribution in [0.2, 0.25) is 0 Å². The number of hydrogen-bond acceptors (Lipinski definition) is 4. The van der Waals surface area contributed by atoms with Crippen LogP contribution in [-0.2, 0) is 0 Å². The minimum absolute atomic E-state index is 0.237. The van der Waals surface area contributed by atoms with Gasteiger partial charge in [-0.2, -0.15) is 0 Å². The number of para-hydroxylation sites is 1. The number of carboxylic acids is 1. The Morgan fingerprint density at radius 2 is 1.79 bits per heavy atom. The van der Waals surface area contributed by atoms with Crippen molar-refractivity contribution in [3.63, 3.8) is 0 Å². The zero-order valence-corrected chi connectivity index (χ0v) is 13.8. The van der Waals surface area contributed by atoms with Gasteiger partial charge in [0.05, 0.1) is 12.8 Å². The van der Waals surface area contributed by atoms with E-state index in [9.17, 15) is 9.90 Å². The Morgan fingerprint density at radius 1 is 1.08 bits per heavy atom. The number of thiazole rings is 1. The molecule has 0 aliphatic carbocycles. The third kappa shape index (κ3) is 3.36. The minimum atomic E-state index is -0.969. The van der Waals surface area contributed by atoms with E-state index in [0.717, 1.165) is 28.2 Å². The summed E-state index contributed by atoms with van der Waals surface area (Å²) < 4.78 is 5.31. The van der Waals surface area contributed by atoms with Crippen LogP contribution >= 0.6 is 11.3 Å². The largest absolute Gasteiger partial charge is 0.496 e. The highest BCUT2D eigenvalue weighted by molar-refractivity contribution is 7.15. The molecule has 0 fully saturated rings. The normalized spacial score (nSPS) is 10.9. The van der Waals surface area contributed by atoms with Gasteiger partial charge in [-0.3, -0.25) is 0 Å². The van der Waals surface area contributed by atoms with Gasteiger partial charge < -0.3 is 9.84 Å². The average molecular weight is 337 g/mol. The maximum Gasteiger partial charge on any atom is 0.348 e. The second-order valence-corrected chi connectivity index (χ2v) is 6.01. The zero-order valence-electron chi connectivity index (χ0n) is 13.0. The number of aromatic carboxylic acids is 1. The maximum atomic E-state index is 11.5. The number of nitrogens with zero attached hydrogens (tertiary/aromatic N) is 1. The molecule has 0 atom stereocenters. The van der Waals surface area contributed by atoms with E-state index in [0.29, 0.717) is 10.7 Å². The van der Waals surface area contributed by atoms with Crippen molar-refractivity contribution < 1.29 is 14.6 Å². The van der Waals surface area contributed by atoms with E-state index in [4.69, 9.17) is 4.74 Å². The molecule has 3 rings (SSSR count). The van der Waals surface area contributed by atoms with Gasteiger partial charge in [-0.1, -0.05) is 48.5 Å². The average Bonchev–Trinajstić information content (AvgIpc) is 3.05. The van der Waals surface area contributed by atoms with Gasteiger partial charge in [-0.25, -0.2) is 9.78 Å². The fourth-order valence-electron chi connectivity index (χ4n) is 2.31. The van der Waals surface area contributed by atoms with Crippen LogP contribution in [0.25, 0.3) is 23.4 Å². The van der Waals surface area contributed by atoms with Crippen LogP contribution in [0.5, 0.6) is 5.75 Å². The number of aromatic nitrogens is 1. The predicted molar refractivity (Wildman–Crippen MR) is 96.4 cm³/mol. The highest BCUT2D eigenvalue weighted by Gasteiger charge is 2.17. The van der Waals surface area contributed by atoms with Gasteiger partial charge in [0.25, 0.3) is 0 Å². The number of carbonyl (C=O) groups is 1. The van der Waals surface area contributed by atoms with Crippen molar-refractivity contribution in [3.05, 3.63) is 70.0 Å². The first-order valence-corrected chi connectivity index (χ1v) is 8.11. The summed E-state index contributed by atoms with van der Waals surface area (Å²) in [6.45, 7) is 0. The fourth-order valence-corrected chi connectivity index (χ4v) is 3.14. The molecule has 0 aliphatic heterocycles. The molecule has 0 unspecified atom stereocenters. The summed E-state index contributed by atoms with van der Waals surface area (Å²) >= 11 is 1.16.